The predicted octanol–water partition coefficient (Wildman–Crippen LogP) is 4.51. The van der Waals surface area contributed by atoms with Crippen molar-refractivity contribution in [1.82, 2.24) is 10.2 Å². The van der Waals surface area contributed by atoms with Gasteiger partial charge in [0.15, 0.2) is 5.69 Å². The predicted molar refractivity (Wildman–Crippen MR) is 92.9 cm³/mol. The number of hydrogen-bond donors (Lipinski definition) is 2. The van der Waals surface area contributed by atoms with Crippen molar-refractivity contribution in [3.63, 3.8) is 0 Å². The number of ether oxygens (including phenoxy) is 1. The molecule has 0 aliphatic heterocycles. The van der Waals surface area contributed by atoms with E-state index in [-0.39, 0.29) is 11.4 Å². The summed E-state index contributed by atoms with van der Waals surface area (Å²) < 4.78 is 5.09. The summed E-state index contributed by atoms with van der Waals surface area (Å²) >= 11 is 0. The Labute approximate surface area is 144 Å². The van der Waals surface area contributed by atoms with E-state index in [0.717, 1.165) is 11.1 Å². The van der Waals surface area contributed by atoms with Crippen LogP contribution in [0.15, 0.2) is 58.8 Å². The van der Waals surface area contributed by atoms with E-state index < -0.39 is 5.97 Å². The fourth-order valence-electron chi connectivity index (χ4n) is 2.25. The number of methoxy groups -OCH3 is 1. The molecule has 7 heteroatoms. The van der Waals surface area contributed by atoms with E-state index in [4.69, 9.17) is 4.74 Å². The lowest BCUT2D eigenvalue weighted by Gasteiger charge is -2.00. The monoisotopic (exact) mass is 336 g/mol. The third-order valence-electron chi connectivity index (χ3n) is 3.62. The minimum Gasteiger partial charge on any atom is -0.497 e. The highest BCUT2D eigenvalue weighted by atomic mass is 16.5. The number of aromatic carboxylic acids is 1. The van der Waals surface area contributed by atoms with Crippen molar-refractivity contribution in [2.24, 2.45) is 10.2 Å². The first-order valence-corrected chi connectivity index (χ1v) is 7.53. The van der Waals surface area contributed by atoms with Crippen molar-refractivity contribution in [3.05, 3.63) is 59.8 Å². The van der Waals surface area contributed by atoms with Gasteiger partial charge in [0, 0.05) is 5.56 Å². The van der Waals surface area contributed by atoms with Crippen LogP contribution >= 0.6 is 0 Å². The molecule has 1 heterocycles. The molecule has 0 aliphatic carbocycles. The van der Waals surface area contributed by atoms with Crippen LogP contribution in [0.2, 0.25) is 0 Å². The number of aryl methyl sites for hydroxylation is 1. The first kappa shape index (κ1) is 16.4. The molecule has 126 valence electrons. The number of H-pyrrole nitrogens is 1. The summed E-state index contributed by atoms with van der Waals surface area (Å²) in [4.78, 5) is 11.4. The van der Waals surface area contributed by atoms with Crippen molar-refractivity contribution in [3.8, 4) is 17.0 Å². The largest absolute Gasteiger partial charge is 0.497 e. The molecule has 2 N–H and O–H groups in total. The molecular weight excluding hydrogens is 320 g/mol. The Morgan fingerprint density at radius 2 is 1.76 bits per heavy atom. The summed E-state index contributed by atoms with van der Waals surface area (Å²) in [7, 11) is 1.58. The number of carbonyl (C=O) groups is 1. The van der Waals surface area contributed by atoms with Crippen molar-refractivity contribution in [2.45, 2.75) is 6.92 Å². The van der Waals surface area contributed by atoms with Gasteiger partial charge in [-0.2, -0.15) is 10.2 Å². The lowest BCUT2D eigenvalue weighted by molar-refractivity contribution is 0.0691. The van der Waals surface area contributed by atoms with E-state index in [2.05, 4.69) is 20.4 Å². The van der Waals surface area contributed by atoms with Crippen LogP contribution < -0.4 is 4.74 Å². The van der Waals surface area contributed by atoms with Gasteiger partial charge in [0.05, 0.1) is 12.8 Å². The average Bonchev–Trinajstić information content (AvgIpc) is 3.05. The first-order chi connectivity index (χ1) is 12.1. The maximum atomic E-state index is 11.4. The highest BCUT2D eigenvalue weighted by Crippen LogP contribution is 2.33. The number of azo groups is 1. The second-order valence-corrected chi connectivity index (χ2v) is 5.37. The minimum atomic E-state index is -1.14. The van der Waals surface area contributed by atoms with E-state index in [0.29, 0.717) is 17.1 Å². The highest BCUT2D eigenvalue weighted by Gasteiger charge is 2.19. The molecule has 0 fully saturated rings. The maximum Gasteiger partial charge on any atom is 0.356 e. The Morgan fingerprint density at radius 1 is 1.08 bits per heavy atom. The molecule has 3 rings (SSSR count). The van der Waals surface area contributed by atoms with Gasteiger partial charge >= 0.3 is 5.97 Å². The summed E-state index contributed by atoms with van der Waals surface area (Å²) in [5.74, 6) is -0.441. The summed E-state index contributed by atoms with van der Waals surface area (Å²) in [5, 5.41) is 24.2. The van der Waals surface area contributed by atoms with Crippen LogP contribution in [-0.2, 0) is 0 Å². The van der Waals surface area contributed by atoms with Gasteiger partial charge in [0.2, 0.25) is 0 Å². The van der Waals surface area contributed by atoms with E-state index in [1.165, 1.54) is 0 Å². The quantitative estimate of drug-likeness (QED) is 0.670. The maximum absolute atomic E-state index is 11.4. The Bertz CT molecular complexity index is 912. The standard InChI is InChI=1S/C18H16N4O3/c1-11-3-5-12(6-4-11)15-16(17(18(23)24)22-20-15)21-19-13-7-9-14(25-2)10-8-13/h3-10H,1-2H3,(H,20,22)(H,23,24). The van der Waals surface area contributed by atoms with Gasteiger partial charge in [-0.1, -0.05) is 29.8 Å². The summed E-state index contributed by atoms with van der Waals surface area (Å²) in [6.07, 6.45) is 0. The smallest absolute Gasteiger partial charge is 0.356 e. The summed E-state index contributed by atoms with van der Waals surface area (Å²) in [6, 6.07) is 14.5. The lowest BCUT2D eigenvalue weighted by Crippen LogP contribution is -1.96. The number of carboxylic acid groups (broad SMARTS) is 1. The van der Waals surface area contributed by atoms with Crippen molar-refractivity contribution in [2.75, 3.05) is 7.11 Å². The zero-order valence-corrected chi connectivity index (χ0v) is 13.7. The van der Waals surface area contributed by atoms with Crippen LogP contribution in [0.25, 0.3) is 11.3 Å². The number of nitrogens with zero attached hydrogens (tertiary/aromatic N) is 3. The first-order valence-electron chi connectivity index (χ1n) is 7.53. The fourth-order valence-corrected chi connectivity index (χ4v) is 2.25. The SMILES string of the molecule is COc1ccc(N=Nc2c(-c3ccc(C)cc3)n[nH]c2C(=O)O)cc1. The lowest BCUT2D eigenvalue weighted by atomic mass is 10.1. The molecule has 0 saturated heterocycles. The Kier molecular flexibility index (Phi) is 4.56. The molecule has 1 aromatic heterocycles. The molecule has 0 radical (unpaired) electrons. The van der Waals surface area contributed by atoms with Crippen LogP contribution in [-0.4, -0.2) is 28.4 Å². The molecule has 0 saturated carbocycles. The van der Waals surface area contributed by atoms with E-state index >= 15 is 0 Å². The number of hydrogen-bond acceptors (Lipinski definition) is 5. The molecule has 0 aliphatic rings. The number of nitrogens with one attached hydrogen (secondary N) is 1. The summed E-state index contributed by atoms with van der Waals surface area (Å²) in [6.45, 7) is 1.97. The number of carboxylic acids is 1. The van der Waals surface area contributed by atoms with Crippen LogP contribution in [0, 0.1) is 6.92 Å². The van der Waals surface area contributed by atoms with Crippen molar-refractivity contribution in [1.29, 1.82) is 0 Å². The van der Waals surface area contributed by atoms with Gasteiger partial charge in [-0.15, -0.1) is 5.11 Å². The average molecular weight is 336 g/mol. The number of aromatic nitrogens is 2. The van der Waals surface area contributed by atoms with Gasteiger partial charge < -0.3 is 9.84 Å². The number of aromatic amines is 1. The van der Waals surface area contributed by atoms with Gasteiger partial charge in [0.1, 0.15) is 17.1 Å². The van der Waals surface area contributed by atoms with Crippen molar-refractivity contribution >= 4 is 17.3 Å². The Hall–Kier alpha value is -3.48. The molecular formula is C18H16N4O3. The molecule has 2 aromatic carbocycles. The molecule has 25 heavy (non-hydrogen) atoms. The molecule has 0 spiro atoms. The van der Waals surface area contributed by atoms with Crippen LogP contribution in [0.5, 0.6) is 5.75 Å². The van der Waals surface area contributed by atoms with Crippen LogP contribution in [0.3, 0.4) is 0 Å². The molecule has 7 nitrogen and oxygen atoms in total. The topological polar surface area (TPSA) is 99.9 Å². The van der Waals surface area contributed by atoms with E-state index in [9.17, 15) is 9.90 Å². The number of benzene rings is 2. The number of rotatable bonds is 5. The van der Waals surface area contributed by atoms with Crippen LogP contribution in [0.1, 0.15) is 16.1 Å². The molecule has 3 aromatic rings. The Balaban J connectivity index is 2.00. The molecule has 0 unspecified atom stereocenters. The zero-order chi connectivity index (χ0) is 17.8. The third-order valence-corrected chi connectivity index (χ3v) is 3.62. The summed E-state index contributed by atoms with van der Waals surface area (Å²) in [5.41, 5.74) is 2.96. The van der Waals surface area contributed by atoms with E-state index in [1.54, 1.807) is 31.4 Å². The van der Waals surface area contributed by atoms with Gasteiger partial charge in [-0.3, -0.25) is 5.10 Å². The highest BCUT2D eigenvalue weighted by molar-refractivity contribution is 5.95. The van der Waals surface area contributed by atoms with Crippen molar-refractivity contribution < 1.29 is 14.6 Å². The van der Waals surface area contributed by atoms with Gasteiger partial charge in [-0.25, -0.2) is 4.79 Å². The zero-order valence-electron chi connectivity index (χ0n) is 13.7. The third kappa shape index (κ3) is 3.55. The van der Waals surface area contributed by atoms with Crippen LogP contribution in [0.4, 0.5) is 11.4 Å². The normalized spacial score (nSPS) is 11.0. The van der Waals surface area contributed by atoms with Gasteiger partial charge in [0.25, 0.3) is 0 Å². The minimum absolute atomic E-state index is 0.104. The molecule has 0 atom stereocenters. The second kappa shape index (κ2) is 6.96. The second-order valence-electron chi connectivity index (χ2n) is 5.37. The molecule has 0 amide bonds. The Morgan fingerprint density at radius 3 is 2.36 bits per heavy atom. The molecule has 0 bridgehead atoms. The van der Waals surface area contributed by atoms with E-state index in [1.807, 2.05) is 31.2 Å². The van der Waals surface area contributed by atoms with Gasteiger partial charge in [-0.05, 0) is 31.2 Å². The fraction of sp³-hybridized carbons (Fsp3) is 0.111.